The number of nitrogens with zero attached hydrogens (tertiary/aromatic N) is 2. The largest absolute Gasteiger partial charge is 0.277 e. The van der Waals surface area contributed by atoms with Crippen LogP contribution in [0, 0.1) is 13.8 Å². The molecule has 0 spiro atoms. The van der Waals surface area contributed by atoms with Crippen molar-refractivity contribution in [2.45, 2.75) is 179 Å². The van der Waals surface area contributed by atoms with Gasteiger partial charge < -0.3 is 0 Å². The van der Waals surface area contributed by atoms with E-state index in [0.717, 1.165) is 58.4 Å². The van der Waals surface area contributed by atoms with E-state index in [1.54, 1.807) is 36.4 Å². The van der Waals surface area contributed by atoms with Gasteiger partial charge in [-0.1, -0.05) is 201 Å². The van der Waals surface area contributed by atoms with E-state index in [0.29, 0.717) is 22.1 Å². The van der Waals surface area contributed by atoms with Crippen molar-refractivity contribution in [3.05, 3.63) is 119 Å². The average Bonchev–Trinajstić information content (AvgIpc) is 3.32. The third-order valence-corrected chi connectivity index (χ3v) is 16.3. The normalized spacial score (nSPS) is 12.2. The van der Waals surface area contributed by atoms with Crippen LogP contribution < -0.4 is 9.44 Å². The molecule has 2 N–H and O–H groups in total. The van der Waals surface area contributed by atoms with Crippen LogP contribution in [-0.2, 0) is 32.9 Å². The molecular weight excluding hydrogens is 881 g/mol. The predicted octanol–water partition coefficient (Wildman–Crippen LogP) is 16.2. The minimum absolute atomic E-state index is 0.0444. The molecule has 0 atom stereocenters. The van der Waals surface area contributed by atoms with Crippen molar-refractivity contribution in [2.75, 3.05) is 9.44 Å². The predicted molar refractivity (Wildman–Crippen MR) is 287 cm³/mol. The number of hydrogen-bond acceptors (Lipinski definition) is 6. The van der Waals surface area contributed by atoms with Crippen molar-refractivity contribution in [3.63, 3.8) is 0 Å². The quantitative estimate of drug-likeness (QED) is 0.0287. The molecule has 7 aromatic rings. The van der Waals surface area contributed by atoms with Crippen LogP contribution in [-0.4, -0.2) is 26.8 Å². The second kappa shape index (κ2) is 24.5. The molecule has 0 fully saturated rings. The van der Waals surface area contributed by atoms with Gasteiger partial charge in [0.05, 0.1) is 43.2 Å². The smallest absolute Gasteiger partial charge is 0.261 e. The van der Waals surface area contributed by atoms with Gasteiger partial charge in [-0.15, -0.1) is 0 Å². The zero-order chi connectivity index (χ0) is 47.9. The summed E-state index contributed by atoms with van der Waals surface area (Å²) in [5, 5.41) is 4.24. The number of aromatic nitrogens is 2. The van der Waals surface area contributed by atoms with Crippen LogP contribution in [0.1, 0.15) is 165 Å². The highest BCUT2D eigenvalue weighted by molar-refractivity contribution is 7.93. The lowest BCUT2D eigenvalue weighted by Crippen LogP contribution is -2.18. The van der Waals surface area contributed by atoms with Crippen LogP contribution in [0.3, 0.4) is 0 Å². The molecule has 0 unspecified atom stereocenters. The summed E-state index contributed by atoms with van der Waals surface area (Å²) in [5.74, 6) is 0. The lowest BCUT2D eigenvalue weighted by Gasteiger charge is -2.17. The van der Waals surface area contributed by atoms with E-state index in [1.807, 2.05) is 13.8 Å². The number of anilines is 2. The minimum atomic E-state index is -4.13. The lowest BCUT2D eigenvalue weighted by atomic mass is 9.93. The first-order chi connectivity index (χ1) is 33.0. The van der Waals surface area contributed by atoms with Gasteiger partial charge in [0.15, 0.2) is 0 Å². The number of unbranched alkanes of at least 4 members (excludes halogenated alkanes) is 18. The number of aryl methyl sites for hydroxylation is 4. The fourth-order valence-corrected chi connectivity index (χ4v) is 11.6. The molecule has 0 aliphatic rings. The van der Waals surface area contributed by atoms with Crippen LogP contribution in [0.25, 0.3) is 43.6 Å². The maximum absolute atomic E-state index is 13.9. The highest BCUT2D eigenvalue weighted by atomic mass is 32.2. The summed E-state index contributed by atoms with van der Waals surface area (Å²) in [6, 6.07) is 29.8. The minimum Gasteiger partial charge on any atom is -0.277 e. The Balaban J connectivity index is 1.24. The van der Waals surface area contributed by atoms with Gasteiger partial charge in [0.25, 0.3) is 20.0 Å². The Morgan fingerprint density at radius 1 is 0.382 bits per heavy atom. The van der Waals surface area contributed by atoms with Gasteiger partial charge in [-0.2, -0.15) is 0 Å². The Labute approximate surface area is 407 Å². The number of nitrogens with one attached hydrogen (secondary N) is 2. The molecule has 362 valence electrons. The van der Waals surface area contributed by atoms with Crippen molar-refractivity contribution in [3.8, 4) is 0 Å². The standard InChI is InChI=1S/C58H74N4O4S2/c1-5-7-9-11-13-15-17-19-21-23-25-45-31-37-49-51(39-45)52-40-46(26-24-22-20-18-16-14-12-10-8-6-2)32-38-50(52)58-57(49)59-53-41-55(61-67(63,64)47-33-27-43(3)28-34-47)56(42-54(53)60-58)62-68(65,66)48-35-29-44(4)30-36-48/h27-42,61-62H,5-26H2,1-4H3. The van der Waals surface area contributed by atoms with E-state index in [4.69, 9.17) is 9.97 Å². The molecule has 0 saturated carbocycles. The van der Waals surface area contributed by atoms with E-state index >= 15 is 0 Å². The third-order valence-electron chi connectivity index (χ3n) is 13.6. The number of hydrogen-bond donors (Lipinski definition) is 2. The summed E-state index contributed by atoms with van der Waals surface area (Å²) in [7, 11) is -8.26. The second-order valence-electron chi connectivity index (χ2n) is 19.3. The van der Waals surface area contributed by atoms with Crippen molar-refractivity contribution < 1.29 is 16.8 Å². The van der Waals surface area contributed by atoms with Crippen LogP contribution in [0.4, 0.5) is 11.4 Å². The average molecular weight is 955 g/mol. The van der Waals surface area contributed by atoms with E-state index in [9.17, 15) is 16.8 Å². The summed E-state index contributed by atoms with van der Waals surface area (Å²) in [6.07, 6.45) is 28.1. The Morgan fingerprint density at radius 3 is 1.04 bits per heavy atom. The molecule has 0 radical (unpaired) electrons. The number of rotatable bonds is 28. The Bertz CT molecular complexity index is 2780. The van der Waals surface area contributed by atoms with Gasteiger partial charge in [0.2, 0.25) is 0 Å². The van der Waals surface area contributed by atoms with Crippen molar-refractivity contribution in [1.29, 1.82) is 0 Å². The maximum Gasteiger partial charge on any atom is 0.261 e. The Hall–Kier alpha value is -5.06. The van der Waals surface area contributed by atoms with Crippen LogP contribution >= 0.6 is 0 Å². The van der Waals surface area contributed by atoms with Crippen LogP contribution in [0.5, 0.6) is 0 Å². The zero-order valence-corrected chi connectivity index (χ0v) is 42.8. The molecule has 0 bridgehead atoms. The van der Waals surface area contributed by atoms with Crippen molar-refractivity contribution >= 4 is 75.0 Å². The van der Waals surface area contributed by atoms with Gasteiger partial charge >= 0.3 is 0 Å². The van der Waals surface area contributed by atoms with Crippen molar-refractivity contribution in [2.24, 2.45) is 0 Å². The topological polar surface area (TPSA) is 118 Å². The highest BCUT2D eigenvalue weighted by Crippen LogP contribution is 2.38. The monoisotopic (exact) mass is 955 g/mol. The first-order valence-corrected chi connectivity index (χ1v) is 28.7. The zero-order valence-electron chi connectivity index (χ0n) is 41.1. The highest BCUT2D eigenvalue weighted by Gasteiger charge is 2.23. The van der Waals surface area contributed by atoms with E-state index in [2.05, 4.69) is 59.7 Å². The van der Waals surface area contributed by atoms with Crippen LogP contribution in [0.2, 0.25) is 0 Å². The van der Waals surface area contributed by atoms with Gasteiger partial charge in [-0.3, -0.25) is 9.44 Å². The molecule has 6 aromatic carbocycles. The molecule has 0 amide bonds. The van der Waals surface area contributed by atoms with Crippen molar-refractivity contribution in [1.82, 2.24) is 9.97 Å². The first kappa shape index (κ1) is 50.8. The summed E-state index contributed by atoms with van der Waals surface area (Å²) < 4.78 is 61.0. The summed E-state index contributed by atoms with van der Waals surface area (Å²) in [4.78, 5) is 10.6. The first-order valence-electron chi connectivity index (χ1n) is 25.8. The van der Waals surface area contributed by atoms with E-state index in [-0.39, 0.29) is 21.2 Å². The fraction of sp³-hybridized carbons (Fsp3) is 0.448. The van der Waals surface area contributed by atoms with Gasteiger partial charge in [-0.05, 0) is 97.8 Å². The molecule has 8 nitrogen and oxygen atoms in total. The fourth-order valence-electron chi connectivity index (χ4n) is 9.47. The SMILES string of the molecule is CCCCCCCCCCCCc1ccc2c(c1)c1cc(CCCCCCCCCCCC)ccc1c1nc3cc(NS(=O)(=O)c4ccc(C)cc4)c(NS(=O)(=O)c4ccc(C)cc4)cc3nc21. The molecule has 1 aromatic heterocycles. The lowest BCUT2D eigenvalue weighted by molar-refractivity contribution is 0.556. The second-order valence-corrected chi connectivity index (χ2v) is 22.6. The molecule has 68 heavy (non-hydrogen) atoms. The van der Waals surface area contributed by atoms with Crippen LogP contribution in [0.15, 0.2) is 107 Å². The molecule has 0 aliphatic carbocycles. The molecular formula is C58H74N4O4S2. The summed E-state index contributed by atoms with van der Waals surface area (Å²) >= 11 is 0. The molecule has 0 saturated heterocycles. The Kier molecular flexibility index (Phi) is 18.3. The number of benzene rings is 6. The van der Waals surface area contributed by atoms with Gasteiger partial charge in [0, 0.05) is 10.8 Å². The van der Waals surface area contributed by atoms with E-state index < -0.39 is 20.0 Å². The van der Waals surface area contributed by atoms with E-state index in [1.165, 1.54) is 151 Å². The number of fused-ring (bicyclic) bond motifs is 7. The summed E-state index contributed by atoms with van der Waals surface area (Å²) in [6.45, 7) is 8.32. The number of sulfonamides is 2. The van der Waals surface area contributed by atoms with Gasteiger partial charge in [-0.25, -0.2) is 26.8 Å². The molecule has 7 rings (SSSR count). The third kappa shape index (κ3) is 13.6. The maximum atomic E-state index is 13.9. The molecule has 0 aliphatic heterocycles. The summed E-state index contributed by atoms with van der Waals surface area (Å²) in [5.41, 5.74) is 6.84. The van der Waals surface area contributed by atoms with Gasteiger partial charge in [0.1, 0.15) is 0 Å². The molecule has 1 heterocycles. The molecule has 10 heteroatoms. The Morgan fingerprint density at radius 2 is 0.706 bits per heavy atom.